The number of allylic oxidation sites excluding steroid dienone is 1. The molecule has 2 aromatic rings. The van der Waals surface area contributed by atoms with E-state index in [-0.39, 0.29) is 0 Å². The molecule has 19 heavy (non-hydrogen) atoms. The average molecular weight is 291 g/mol. The predicted molar refractivity (Wildman–Crippen MR) is 86.9 cm³/mol. The van der Waals surface area contributed by atoms with Crippen molar-refractivity contribution in [1.82, 2.24) is 0 Å². The standard InChI is InChI=1S/C9H10.C8H6Cl2/c1-2-6-9-7-4-3-5-8-9;1-2-6-7(9)4-3-5-8(6)10/h2-5,7-8H,1,6H2;2-5H,1H2. The molecule has 0 radical (unpaired) electrons. The molecule has 0 fully saturated rings. The van der Waals surface area contributed by atoms with E-state index in [4.69, 9.17) is 23.2 Å². The summed E-state index contributed by atoms with van der Waals surface area (Å²) in [5.41, 5.74) is 2.12. The van der Waals surface area contributed by atoms with Crippen LogP contribution in [0.5, 0.6) is 0 Å². The Balaban J connectivity index is 0.000000191. The molecule has 2 aromatic carbocycles. The molecule has 0 aromatic heterocycles. The van der Waals surface area contributed by atoms with Crippen LogP contribution < -0.4 is 0 Å². The zero-order chi connectivity index (χ0) is 14.1. The van der Waals surface area contributed by atoms with Gasteiger partial charge in [-0.05, 0) is 24.1 Å². The minimum Gasteiger partial charge on any atom is -0.103 e. The second-order valence-corrected chi connectivity index (χ2v) is 4.63. The Labute approximate surface area is 125 Å². The molecule has 0 nitrogen and oxygen atoms in total. The first kappa shape index (κ1) is 15.6. The molecule has 0 unspecified atom stereocenters. The lowest BCUT2D eigenvalue weighted by atomic mass is 10.2. The van der Waals surface area contributed by atoms with Crippen molar-refractivity contribution in [3.63, 3.8) is 0 Å². The highest BCUT2D eigenvalue weighted by Gasteiger charge is 1.98. The van der Waals surface area contributed by atoms with E-state index < -0.39 is 0 Å². The van der Waals surface area contributed by atoms with E-state index in [2.05, 4.69) is 25.3 Å². The van der Waals surface area contributed by atoms with Crippen molar-refractivity contribution >= 4 is 29.3 Å². The first-order valence-electron chi connectivity index (χ1n) is 5.90. The molecule has 0 saturated carbocycles. The smallest absolute Gasteiger partial charge is 0.0493 e. The molecule has 0 spiro atoms. The summed E-state index contributed by atoms with van der Waals surface area (Å²) in [5, 5.41) is 1.28. The molecule has 0 atom stereocenters. The topological polar surface area (TPSA) is 0 Å². The third-order valence-electron chi connectivity index (χ3n) is 2.43. The Morgan fingerprint density at radius 1 is 0.842 bits per heavy atom. The van der Waals surface area contributed by atoms with Gasteiger partial charge in [0.1, 0.15) is 0 Å². The van der Waals surface area contributed by atoms with Crippen molar-refractivity contribution in [1.29, 1.82) is 0 Å². The van der Waals surface area contributed by atoms with Crippen molar-refractivity contribution in [2.75, 3.05) is 0 Å². The van der Waals surface area contributed by atoms with Crippen molar-refractivity contribution in [3.8, 4) is 0 Å². The molecule has 0 heterocycles. The number of benzene rings is 2. The summed E-state index contributed by atoms with van der Waals surface area (Å²) in [6.45, 7) is 7.24. The van der Waals surface area contributed by atoms with Crippen molar-refractivity contribution < 1.29 is 0 Å². The maximum Gasteiger partial charge on any atom is 0.0493 e. The maximum atomic E-state index is 5.77. The Bertz CT molecular complexity index is 510. The first-order valence-corrected chi connectivity index (χ1v) is 6.66. The van der Waals surface area contributed by atoms with E-state index in [1.165, 1.54) is 5.56 Å². The molecule has 98 valence electrons. The van der Waals surface area contributed by atoms with Crippen LogP contribution in [0.3, 0.4) is 0 Å². The summed E-state index contributed by atoms with van der Waals surface area (Å²) in [4.78, 5) is 0. The van der Waals surface area contributed by atoms with Gasteiger partial charge in [-0.3, -0.25) is 0 Å². The number of hydrogen-bond donors (Lipinski definition) is 0. The summed E-state index contributed by atoms with van der Waals surface area (Å²) >= 11 is 11.5. The number of halogens is 2. The minimum absolute atomic E-state index is 0.641. The fourth-order valence-electron chi connectivity index (χ4n) is 1.49. The molecular weight excluding hydrogens is 275 g/mol. The molecule has 0 bridgehead atoms. The van der Waals surface area contributed by atoms with Gasteiger partial charge >= 0.3 is 0 Å². The monoisotopic (exact) mass is 290 g/mol. The van der Waals surface area contributed by atoms with Gasteiger partial charge in [0.2, 0.25) is 0 Å². The average Bonchev–Trinajstić information content (AvgIpc) is 2.41. The summed E-state index contributed by atoms with van der Waals surface area (Å²) in [6, 6.07) is 15.7. The lowest BCUT2D eigenvalue weighted by molar-refractivity contribution is 1.28. The molecule has 2 heteroatoms. The summed E-state index contributed by atoms with van der Waals surface area (Å²) < 4.78 is 0. The molecule has 0 N–H and O–H groups in total. The predicted octanol–water partition coefficient (Wildman–Crippen LogP) is 6.05. The Hall–Kier alpha value is -1.50. The van der Waals surface area contributed by atoms with E-state index in [1.54, 1.807) is 24.3 Å². The lowest BCUT2D eigenvalue weighted by Crippen LogP contribution is -1.75. The van der Waals surface area contributed by atoms with Crippen LogP contribution in [0.4, 0.5) is 0 Å². The second-order valence-electron chi connectivity index (χ2n) is 3.82. The van der Waals surface area contributed by atoms with Crippen LogP contribution in [0.25, 0.3) is 6.08 Å². The largest absolute Gasteiger partial charge is 0.103 e. The summed E-state index contributed by atoms with van der Waals surface area (Å²) in [6.07, 6.45) is 4.53. The van der Waals surface area contributed by atoms with E-state index >= 15 is 0 Å². The van der Waals surface area contributed by atoms with Crippen LogP contribution in [0.2, 0.25) is 10.0 Å². The van der Waals surface area contributed by atoms with Crippen LogP contribution in [0.1, 0.15) is 11.1 Å². The highest BCUT2D eigenvalue weighted by Crippen LogP contribution is 2.24. The van der Waals surface area contributed by atoms with E-state index in [9.17, 15) is 0 Å². The van der Waals surface area contributed by atoms with Gasteiger partial charge in [0, 0.05) is 15.6 Å². The van der Waals surface area contributed by atoms with Gasteiger partial charge in [-0.2, -0.15) is 0 Å². The SMILES string of the molecule is C=CCc1ccccc1.C=Cc1c(Cl)cccc1Cl. The zero-order valence-corrected chi connectivity index (χ0v) is 12.2. The normalized spacial score (nSPS) is 9.16. The second kappa shape index (κ2) is 8.58. The first-order chi connectivity index (χ1) is 9.19. The molecule has 2 rings (SSSR count). The van der Waals surface area contributed by atoms with Crippen LogP contribution in [0, 0.1) is 0 Å². The summed E-state index contributed by atoms with van der Waals surface area (Å²) in [7, 11) is 0. The molecule has 0 amide bonds. The third-order valence-corrected chi connectivity index (χ3v) is 3.09. The van der Waals surface area contributed by atoms with Crippen molar-refractivity contribution in [2.24, 2.45) is 0 Å². The van der Waals surface area contributed by atoms with E-state index in [0.29, 0.717) is 10.0 Å². The highest BCUT2D eigenvalue weighted by atomic mass is 35.5. The Kier molecular flexibility index (Phi) is 7.02. The lowest BCUT2D eigenvalue weighted by Gasteiger charge is -1.98. The highest BCUT2D eigenvalue weighted by molar-refractivity contribution is 6.37. The van der Waals surface area contributed by atoms with Gasteiger partial charge in [-0.1, -0.05) is 78.3 Å². The Morgan fingerprint density at radius 3 is 1.84 bits per heavy atom. The molecule has 0 saturated heterocycles. The minimum atomic E-state index is 0.641. The zero-order valence-electron chi connectivity index (χ0n) is 10.7. The van der Waals surface area contributed by atoms with Crippen LogP contribution in [-0.4, -0.2) is 0 Å². The fourth-order valence-corrected chi connectivity index (χ4v) is 2.04. The molecule has 0 aliphatic rings. The van der Waals surface area contributed by atoms with Gasteiger partial charge < -0.3 is 0 Å². The number of rotatable bonds is 3. The summed E-state index contributed by atoms with van der Waals surface area (Å²) in [5.74, 6) is 0. The Morgan fingerprint density at radius 2 is 1.42 bits per heavy atom. The van der Waals surface area contributed by atoms with Gasteiger partial charge in [-0.25, -0.2) is 0 Å². The van der Waals surface area contributed by atoms with E-state index in [1.807, 2.05) is 24.3 Å². The van der Waals surface area contributed by atoms with Gasteiger partial charge in [-0.15, -0.1) is 6.58 Å². The fraction of sp³-hybridized carbons (Fsp3) is 0.0588. The maximum absolute atomic E-state index is 5.77. The van der Waals surface area contributed by atoms with Gasteiger partial charge in [0.25, 0.3) is 0 Å². The van der Waals surface area contributed by atoms with Crippen molar-refractivity contribution in [3.05, 3.63) is 88.9 Å². The molecule has 0 aliphatic carbocycles. The van der Waals surface area contributed by atoms with Crippen LogP contribution in [-0.2, 0) is 6.42 Å². The molecule has 0 aliphatic heterocycles. The quantitative estimate of drug-likeness (QED) is 0.604. The van der Waals surface area contributed by atoms with Crippen LogP contribution in [0.15, 0.2) is 67.8 Å². The molecular formula is C17H16Cl2. The van der Waals surface area contributed by atoms with Gasteiger partial charge in [0.15, 0.2) is 0 Å². The van der Waals surface area contributed by atoms with Crippen molar-refractivity contribution in [2.45, 2.75) is 6.42 Å². The van der Waals surface area contributed by atoms with E-state index in [0.717, 1.165) is 12.0 Å². The van der Waals surface area contributed by atoms with Gasteiger partial charge in [0.05, 0.1) is 0 Å². The third kappa shape index (κ3) is 5.34. The van der Waals surface area contributed by atoms with Crippen LogP contribution >= 0.6 is 23.2 Å². The number of hydrogen-bond acceptors (Lipinski definition) is 0.